The van der Waals surface area contributed by atoms with Gasteiger partial charge in [0.05, 0.1) is 16.8 Å². The molecule has 3 atom stereocenters. The number of benzene rings is 1. The van der Waals surface area contributed by atoms with Crippen molar-refractivity contribution >= 4 is 23.1 Å². The Morgan fingerprint density at radius 3 is 2.81 bits per heavy atom. The van der Waals surface area contributed by atoms with Crippen LogP contribution in [0.4, 0.5) is 4.79 Å². The molecule has 2 aromatic heterocycles. The minimum Gasteiger partial charge on any atom is -0.507 e. The molecule has 1 aliphatic carbocycles. The lowest BCUT2D eigenvalue weighted by molar-refractivity contribution is 0.00728. The summed E-state index contributed by atoms with van der Waals surface area (Å²) in [5.41, 5.74) is 2.58. The Kier molecular flexibility index (Phi) is 5.86. The summed E-state index contributed by atoms with van der Waals surface area (Å²) >= 11 is 0. The third-order valence-corrected chi connectivity index (χ3v) is 6.72. The lowest BCUT2D eigenvalue weighted by Gasteiger charge is -2.35. The van der Waals surface area contributed by atoms with Gasteiger partial charge in [-0.25, -0.2) is 14.8 Å². The quantitative estimate of drug-likeness (QED) is 0.505. The van der Waals surface area contributed by atoms with Gasteiger partial charge in [0.15, 0.2) is 12.1 Å². The summed E-state index contributed by atoms with van der Waals surface area (Å²) in [5, 5.41) is 30.2. The van der Waals surface area contributed by atoms with Gasteiger partial charge < -0.3 is 25.2 Å². The van der Waals surface area contributed by atoms with Crippen molar-refractivity contribution in [2.75, 3.05) is 0 Å². The zero-order valence-electron chi connectivity index (χ0n) is 21.2. The maximum atomic E-state index is 12.1. The number of phenolic OH excluding ortho intramolecular Hbond substituents is 1. The second kappa shape index (κ2) is 8.77. The number of aliphatic hydroxyl groups is 1. The summed E-state index contributed by atoms with van der Waals surface area (Å²) in [6.07, 6.45) is 8.22. The maximum Gasteiger partial charge on any atom is 0.407 e. The molecule has 0 bridgehead atoms. The smallest absolute Gasteiger partial charge is 0.407 e. The molecule has 0 spiro atoms. The standard InChI is InChI=1S/C26H32N6O4/c1-14-21-15(13-31(5)30-21)10-18(22(14)33)23-27-12-19-20(29-23)8-9-32(24(19)34)17-7-6-16(11-17)28-25(35)36-26(2,3)4/h8-10,12-13,16-17,24,33-34H,6-7,11H2,1-5H3,(H,28,35)/t16-,17+,24?/m1/s1. The van der Waals surface area contributed by atoms with Gasteiger partial charge in [0.2, 0.25) is 0 Å². The number of nitrogens with zero attached hydrogens (tertiary/aromatic N) is 5. The second-order valence-corrected chi connectivity index (χ2v) is 10.6. The molecule has 3 N–H and O–H groups in total. The highest BCUT2D eigenvalue weighted by Crippen LogP contribution is 2.38. The Bertz CT molecular complexity index is 1360. The Hall–Kier alpha value is -3.66. The Balaban J connectivity index is 1.34. The van der Waals surface area contributed by atoms with Crippen LogP contribution in [0.25, 0.3) is 28.4 Å². The molecule has 190 valence electrons. The van der Waals surface area contributed by atoms with Crippen molar-refractivity contribution in [1.82, 2.24) is 30.0 Å². The molecule has 0 saturated heterocycles. The number of hydrogen-bond donors (Lipinski definition) is 3. The number of phenols is 1. The van der Waals surface area contributed by atoms with Gasteiger partial charge >= 0.3 is 6.09 Å². The molecule has 1 unspecified atom stereocenters. The van der Waals surface area contributed by atoms with Crippen molar-refractivity contribution in [3.8, 4) is 17.1 Å². The van der Waals surface area contributed by atoms with E-state index in [4.69, 9.17) is 4.74 Å². The molecule has 1 aromatic carbocycles. The highest BCUT2D eigenvalue weighted by atomic mass is 16.6. The van der Waals surface area contributed by atoms with Crippen LogP contribution in [0.15, 0.2) is 24.7 Å². The average Bonchev–Trinajstić information content (AvgIpc) is 3.41. The molecule has 36 heavy (non-hydrogen) atoms. The van der Waals surface area contributed by atoms with Gasteiger partial charge in [-0.05, 0) is 59.1 Å². The first-order chi connectivity index (χ1) is 17.0. The van der Waals surface area contributed by atoms with E-state index in [2.05, 4.69) is 20.4 Å². The van der Waals surface area contributed by atoms with Gasteiger partial charge in [-0.2, -0.15) is 5.10 Å². The lowest BCUT2D eigenvalue weighted by atomic mass is 10.0. The van der Waals surface area contributed by atoms with Crippen LogP contribution in [0, 0.1) is 6.92 Å². The Morgan fingerprint density at radius 2 is 2.06 bits per heavy atom. The van der Waals surface area contributed by atoms with Gasteiger partial charge in [0.1, 0.15) is 11.4 Å². The van der Waals surface area contributed by atoms with Gasteiger partial charge in [0.25, 0.3) is 0 Å². The van der Waals surface area contributed by atoms with Gasteiger partial charge in [-0.15, -0.1) is 0 Å². The predicted octanol–water partition coefficient (Wildman–Crippen LogP) is 3.77. The van der Waals surface area contributed by atoms with Crippen LogP contribution in [0.1, 0.15) is 63.1 Å². The van der Waals surface area contributed by atoms with Crippen LogP contribution >= 0.6 is 0 Å². The molecule has 10 heteroatoms. The third-order valence-electron chi connectivity index (χ3n) is 6.72. The summed E-state index contributed by atoms with van der Waals surface area (Å²) in [7, 11) is 1.84. The molecule has 0 radical (unpaired) electrons. The van der Waals surface area contributed by atoms with E-state index in [0.717, 1.165) is 23.7 Å². The number of carbonyl (C=O) groups is 1. The number of rotatable bonds is 3. The van der Waals surface area contributed by atoms with E-state index in [0.29, 0.717) is 34.6 Å². The van der Waals surface area contributed by atoms with Crippen molar-refractivity contribution < 1.29 is 19.7 Å². The molecule has 2 aliphatic rings. The summed E-state index contributed by atoms with van der Waals surface area (Å²) < 4.78 is 7.08. The van der Waals surface area contributed by atoms with Crippen LogP contribution in [-0.4, -0.2) is 58.6 Å². The lowest BCUT2D eigenvalue weighted by Crippen LogP contribution is -2.40. The average molecular weight is 493 g/mol. The minimum absolute atomic E-state index is 0.0147. The molecule has 1 saturated carbocycles. The number of amides is 1. The van der Waals surface area contributed by atoms with E-state index < -0.39 is 17.9 Å². The number of hydrogen-bond acceptors (Lipinski definition) is 8. The van der Waals surface area contributed by atoms with Crippen LogP contribution < -0.4 is 5.32 Å². The molecule has 5 rings (SSSR count). The van der Waals surface area contributed by atoms with E-state index >= 15 is 0 Å². The normalized spacial score (nSPS) is 21.6. The summed E-state index contributed by atoms with van der Waals surface area (Å²) in [6.45, 7) is 7.33. The van der Waals surface area contributed by atoms with E-state index in [1.807, 2.05) is 64.2 Å². The number of carbonyl (C=O) groups excluding carboxylic acids is 1. The minimum atomic E-state index is -0.902. The van der Waals surface area contributed by atoms with E-state index in [1.165, 1.54) is 0 Å². The van der Waals surface area contributed by atoms with E-state index in [-0.39, 0.29) is 17.8 Å². The number of aromatic hydroxyl groups is 1. The van der Waals surface area contributed by atoms with Gasteiger partial charge in [-0.1, -0.05) is 0 Å². The number of aromatic nitrogens is 4. The fraction of sp³-hybridized carbons (Fsp3) is 0.462. The zero-order valence-corrected chi connectivity index (χ0v) is 21.2. The number of nitrogens with one attached hydrogen (secondary N) is 1. The molecule has 1 amide bonds. The molecule has 1 fully saturated rings. The first kappa shape index (κ1) is 24.1. The van der Waals surface area contributed by atoms with Gasteiger partial charge in [0, 0.05) is 54.2 Å². The number of aryl methyl sites for hydroxylation is 2. The molecule has 3 heterocycles. The zero-order chi connectivity index (χ0) is 25.8. The topological polar surface area (TPSA) is 126 Å². The molecule has 10 nitrogen and oxygen atoms in total. The molecular weight excluding hydrogens is 460 g/mol. The summed E-state index contributed by atoms with van der Waals surface area (Å²) in [6, 6.07) is 1.88. The summed E-state index contributed by atoms with van der Waals surface area (Å²) in [5.74, 6) is 0.477. The first-order valence-corrected chi connectivity index (χ1v) is 12.2. The van der Waals surface area contributed by atoms with Crippen LogP contribution in [0.5, 0.6) is 5.75 Å². The van der Waals surface area contributed by atoms with Crippen molar-refractivity contribution in [3.63, 3.8) is 0 Å². The largest absolute Gasteiger partial charge is 0.507 e. The van der Waals surface area contributed by atoms with E-state index in [9.17, 15) is 15.0 Å². The van der Waals surface area contributed by atoms with Crippen molar-refractivity contribution in [3.05, 3.63) is 41.5 Å². The summed E-state index contributed by atoms with van der Waals surface area (Å²) in [4.78, 5) is 23.2. The molecular formula is C26H32N6O4. The number of fused-ring (bicyclic) bond motifs is 2. The fourth-order valence-electron chi connectivity index (χ4n) is 5.03. The van der Waals surface area contributed by atoms with Crippen LogP contribution in [0.2, 0.25) is 0 Å². The molecule has 3 aromatic rings. The van der Waals surface area contributed by atoms with Gasteiger partial charge in [-0.3, -0.25) is 4.68 Å². The van der Waals surface area contributed by atoms with Crippen LogP contribution in [0.3, 0.4) is 0 Å². The predicted molar refractivity (Wildman–Crippen MR) is 135 cm³/mol. The maximum absolute atomic E-state index is 12.1. The van der Waals surface area contributed by atoms with Crippen molar-refractivity contribution in [1.29, 1.82) is 0 Å². The first-order valence-electron chi connectivity index (χ1n) is 12.2. The molecule has 1 aliphatic heterocycles. The van der Waals surface area contributed by atoms with Crippen molar-refractivity contribution in [2.24, 2.45) is 7.05 Å². The highest BCUT2D eigenvalue weighted by Gasteiger charge is 2.35. The number of aliphatic hydroxyl groups excluding tert-OH is 1. The fourth-order valence-corrected chi connectivity index (χ4v) is 5.03. The Morgan fingerprint density at radius 1 is 1.28 bits per heavy atom. The number of ether oxygens (including phenoxy) is 1. The second-order valence-electron chi connectivity index (χ2n) is 10.6. The van der Waals surface area contributed by atoms with Crippen LogP contribution in [-0.2, 0) is 11.8 Å². The highest BCUT2D eigenvalue weighted by molar-refractivity contribution is 5.90. The number of alkyl carbamates (subject to hydrolysis) is 1. The third kappa shape index (κ3) is 4.48. The monoisotopic (exact) mass is 492 g/mol. The van der Waals surface area contributed by atoms with Crippen molar-refractivity contribution in [2.45, 2.75) is 70.9 Å². The Labute approximate surface area is 209 Å². The van der Waals surface area contributed by atoms with E-state index in [1.54, 1.807) is 10.9 Å². The SMILES string of the molecule is Cc1c(O)c(-c2ncc3c(n2)C=CN([C@H]2CC[C@@H](NC(=O)OC(C)(C)C)C2)C3O)cc2cn(C)nc12.